The summed E-state index contributed by atoms with van der Waals surface area (Å²) in [6.45, 7) is 0. The van der Waals surface area contributed by atoms with Gasteiger partial charge in [0.1, 0.15) is 0 Å². The first-order chi connectivity index (χ1) is 20.9. The molecule has 6 aromatic rings. The van der Waals surface area contributed by atoms with E-state index in [0.29, 0.717) is 10.4 Å². The van der Waals surface area contributed by atoms with Crippen LogP contribution in [0.3, 0.4) is 0 Å². The number of carbonyl (C=O) groups excluding carboxylic acids is 2. The molecule has 11 heteroatoms. The van der Waals surface area contributed by atoms with Gasteiger partial charge in [-0.2, -0.15) is 0 Å². The topological polar surface area (TPSA) is 156 Å². The van der Waals surface area contributed by atoms with Crippen LogP contribution in [0.4, 0.5) is 11.4 Å². The third kappa shape index (κ3) is 7.38. The number of hydrogen-bond acceptors (Lipinski definition) is 6. The lowest BCUT2D eigenvalue weighted by atomic mass is 10.1. The largest absolute Gasteiger partial charge is 0.493 e. The molecule has 6 rings (SSSR count). The van der Waals surface area contributed by atoms with E-state index >= 15 is 0 Å². The zero-order valence-electron chi connectivity index (χ0n) is 22.6. The van der Waals surface area contributed by atoms with Crippen molar-refractivity contribution in [3.63, 3.8) is 0 Å². The monoisotopic (exact) mass is 592 g/mol. The summed E-state index contributed by atoms with van der Waals surface area (Å²) in [5.41, 5.74) is 3.71. The van der Waals surface area contributed by atoms with Crippen LogP contribution in [0.1, 0.15) is 11.1 Å². The number of para-hydroxylation sites is 2. The van der Waals surface area contributed by atoms with E-state index in [9.17, 15) is 19.8 Å². The number of nitrogens with one attached hydrogen (secondary N) is 2. The van der Waals surface area contributed by atoms with Gasteiger partial charge in [-0.3, -0.25) is 9.59 Å². The van der Waals surface area contributed by atoms with Crippen molar-refractivity contribution in [2.24, 2.45) is 20.5 Å². The standard InChI is InChI=1S/C16H12ClN3O2.C16H13N3O2/c17-11-7-5-10(6-8-11)9-14(21)19-20-15-12-3-1-2-4-13(12)18-16(15)22;20-14(10-11-6-2-1-3-7-11)18-19-15-12-8-4-5-9-13(12)17-16(15)21/h1-8,18,22H,9H2;1-9,17,21H,10H2. The van der Waals surface area contributed by atoms with Crippen LogP contribution >= 0.6 is 11.6 Å². The van der Waals surface area contributed by atoms with Crippen molar-refractivity contribution in [2.45, 2.75) is 12.8 Å². The van der Waals surface area contributed by atoms with E-state index in [-0.39, 0.29) is 41.9 Å². The lowest BCUT2D eigenvalue weighted by Gasteiger charge is -1.97. The van der Waals surface area contributed by atoms with Crippen molar-refractivity contribution in [1.82, 2.24) is 9.97 Å². The molecule has 4 N–H and O–H groups in total. The Kier molecular flexibility index (Phi) is 8.99. The van der Waals surface area contributed by atoms with Crippen molar-refractivity contribution >= 4 is 56.6 Å². The summed E-state index contributed by atoms with van der Waals surface area (Å²) in [5.74, 6) is -0.949. The van der Waals surface area contributed by atoms with Gasteiger partial charge in [0, 0.05) is 15.8 Å². The molecule has 0 fully saturated rings. The number of azo groups is 2. The Morgan fingerprint density at radius 2 is 1.00 bits per heavy atom. The SMILES string of the molecule is O=C(Cc1ccc(Cl)cc1)N=Nc1c(O)[nH]c2ccccc12.O=C(Cc1ccccc1)N=Nc1c(O)[nH]c2ccccc12. The molecule has 4 aromatic carbocycles. The fourth-order valence-corrected chi connectivity index (χ4v) is 4.38. The number of aromatic hydroxyl groups is 2. The summed E-state index contributed by atoms with van der Waals surface area (Å²) in [7, 11) is 0. The fourth-order valence-electron chi connectivity index (χ4n) is 4.26. The summed E-state index contributed by atoms with van der Waals surface area (Å²) < 4.78 is 0. The molecule has 0 spiro atoms. The molecule has 2 aromatic heterocycles. The molecule has 2 amide bonds. The molecule has 2 heterocycles. The van der Waals surface area contributed by atoms with E-state index in [2.05, 4.69) is 30.4 Å². The van der Waals surface area contributed by atoms with E-state index in [1.165, 1.54) is 0 Å². The summed E-state index contributed by atoms with van der Waals surface area (Å²) in [4.78, 5) is 29.2. The molecule has 0 aliphatic heterocycles. The van der Waals surface area contributed by atoms with Gasteiger partial charge in [0.2, 0.25) is 11.8 Å². The van der Waals surface area contributed by atoms with Crippen LogP contribution in [0.15, 0.2) is 124 Å². The fraction of sp³-hybridized carbons (Fsp3) is 0.0625. The highest BCUT2D eigenvalue weighted by Gasteiger charge is 2.11. The number of hydrogen-bond donors (Lipinski definition) is 4. The Morgan fingerprint density at radius 3 is 1.49 bits per heavy atom. The molecule has 0 saturated carbocycles. The number of aromatic amines is 2. The van der Waals surface area contributed by atoms with Crippen LogP contribution in [0.2, 0.25) is 5.02 Å². The maximum absolute atomic E-state index is 11.9. The molecule has 43 heavy (non-hydrogen) atoms. The van der Waals surface area contributed by atoms with Gasteiger partial charge in [-0.1, -0.05) is 90.5 Å². The highest BCUT2D eigenvalue weighted by Crippen LogP contribution is 2.36. The quantitative estimate of drug-likeness (QED) is 0.144. The number of nitrogens with zero attached hydrogens (tertiary/aromatic N) is 4. The third-order valence-electron chi connectivity index (χ3n) is 6.31. The second kappa shape index (κ2) is 13.4. The van der Waals surface area contributed by atoms with E-state index < -0.39 is 5.91 Å². The summed E-state index contributed by atoms with van der Waals surface area (Å²) in [5, 5.41) is 36.8. The minimum Gasteiger partial charge on any atom is -0.493 e. The first-order valence-corrected chi connectivity index (χ1v) is 13.5. The number of fused-ring (bicyclic) bond motifs is 2. The molecule has 0 aliphatic carbocycles. The average molecular weight is 593 g/mol. The molecule has 214 valence electrons. The minimum absolute atomic E-state index is 0.0903. The predicted molar refractivity (Wildman–Crippen MR) is 164 cm³/mol. The van der Waals surface area contributed by atoms with E-state index in [1.54, 1.807) is 30.3 Å². The molecular formula is C32H25ClN6O4. The lowest BCUT2D eigenvalue weighted by Crippen LogP contribution is -1.97. The van der Waals surface area contributed by atoms with Gasteiger partial charge < -0.3 is 20.2 Å². The lowest BCUT2D eigenvalue weighted by molar-refractivity contribution is -0.118. The molecule has 0 bridgehead atoms. The van der Waals surface area contributed by atoms with Crippen molar-refractivity contribution in [1.29, 1.82) is 0 Å². The van der Waals surface area contributed by atoms with Crippen LogP contribution in [-0.4, -0.2) is 32.0 Å². The number of H-pyrrole nitrogens is 2. The van der Waals surface area contributed by atoms with Crippen molar-refractivity contribution < 1.29 is 19.8 Å². The predicted octanol–water partition coefficient (Wildman–Crippen LogP) is 8.11. The second-order valence-electron chi connectivity index (χ2n) is 9.39. The Balaban J connectivity index is 0.000000171. The highest BCUT2D eigenvalue weighted by molar-refractivity contribution is 6.30. The molecule has 0 saturated heterocycles. The van der Waals surface area contributed by atoms with Gasteiger partial charge in [0.05, 0.1) is 23.9 Å². The van der Waals surface area contributed by atoms with Gasteiger partial charge in [0.25, 0.3) is 11.8 Å². The van der Waals surface area contributed by atoms with Crippen LogP contribution in [0.5, 0.6) is 11.8 Å². The molecule has 10 nitrogen and oxygen atoms in total. The molecular weight excluding hydrogens is 568 g/mol. The Bertz CT molecular complexity index is 1950. The molecule has 0 atom stereocenters. The molecule has 0 unspecified atom stereocenters. The first-order valence-electron chi connectivity index (χ1n) is 13.1. The highest BCUT2D eigenvalue weighted by atomic mass is 35.5. The van der Waals surface area contributed by atoms with Crippen molar-refractivity contribution in [2.75, 3.05) is 0 Å². The smallest absolute Gasteiger partial charge is 0.269 e. The van der Waals surface area contributed by atoms with Gasteiger partial charge in [0.15, 0.2) is 11.4 Å². The van der Waals surface area contributed by atoms with Gasteiger partial charge >= 0.3 is 0 Å². The first kappa shape index (κ1) is 28.9. The van der Waals surface area contributed by atoms with Gasteiger partial charge in [-0.15, -0.1) is 20.5 Å². The van der Waals surface area contributed by atoms with Crippen LogP contribution < -0.4 is 0 Å². The summed E-state index contributed by atoms with van der Waals surface area (Å²) in [6, 6.07) is 30.9. The maximum Gasteiger partial charge on any atom is 0.269 e. The molecule has 0 radical (unpaired) electrons. The Morgan fingerprint density at radius 1 is 0.581 bits per heavy atom. The summed E-state index contributed by atoms with van der Waals surface area (Å²) in [6.07, 6.45) is 0.317. The van der Waals surface area contributed by atoms with Crippen LogP contribution in [-0.2, 0) is 22.4 Å². The van der Waals surface area contributed by atoms with Crippen molar-refractivity contribution in [3.8, 4) is 11.8 Å². The van der Waals surface area contributed by atoms with Gasteiger partial charge in [-0.25, -0.2) is 0 Å². The number of rotatable bonds is 6. The van der Waals surface area contributed by atoms with E-state index in [1.807, 2.05) is 72.8 Å². The second-order valence-corrected chi connectivity index (χ2v) is 9.83. The van der Waals surface area contributed by atoms with Crippen LogP contribution in [0, 0.1) is 0 Å². The zero-order chi connectivity index (χ0) is 30.2. The number of halogens is 1. The number of benzene rings is 4. The average Bonchev–Trinajstić information content (AvgIpc) is 3.51. The normalized spacial score (nSPS) is 11.3. The van der Waals surface area contributed by atoms with E-state index in [0.717, 1.165) is 27.5 Å². The number of aromatic nitrogens is 2. The van der Waals surface area contributed by atoms with E-state index in [4.69, 9.17) is 11.6 Å². The molecule has 0 aliphatic rings. The summed E-state index contributed by atoms with van der Waals surface area (Å²) >= 11 is 5.79. The van der Waals surface area contributed by atoms with Crippen molar-refractivity contribution in [3.05, 3.63) is 119 Å². The number of amides is 2. The maximum atomic E-state index is 11.9. The van der Waals surface area contributed by atoms with Crippen LogP contribution in [0.25, 0.3) is 21.8 Å². The van der Waals surface area contributed by atoms with Gasteiger partial charge in [-0.05, 0) is 35.4 Å². The Hall–Kier alpha value is -5.61. The Labute approximate surface area is 250 Å². The minimum atomic E-state index is -0.396. The number of carbonyl (C=O) groups is 2. The zero-order valence-corrected chi connectivity index (χ0v) is 23.4. The third-order valence-corrected chi connectivity index (χ3v) is 6.56.